The van der Waals surface area contributed by atoms with E-state index >= 15 is 0 Å². The number of benzene rings is 2. The lowest BCUT2D eigenvalue weighted by molar-refractivity contribution is 0.144. The van der Waals surface area contributed by atoms with E-state index in [4.69, 9.17) is 9.84 Å². The molecular formula is C24H29N3O3. The van der Waals surface area contributed by atoms with Crippen molar-refractivity contribution in [3.63, 3.8) is 0 Å². The molecule has 0 spiro atoms. The Bertz CT molecular complexity index is 989. The maximum atomic E-state index is 10.8. The Kier molecular flexibility index (Phi) is 6.23. The zero-order valence-corrected chi connectivity index (χ0v) is 17.4. The molecule has 0 saturated carbocycles. The van der Waals surface area contributed by atoms with E-state index in [1.165, 1.54) is 16.8 Å². The van der Waals surface area contributed by atoms with Crippen molar-refractivity contribution >= 4 is 22.7 Å². The van der Waals surface area contributed by atoms with Crippen LogP contribution in [0.1, 0.15) is 24.0 Å². The average Bonchev–Trinajstić information content (AvgIpc) is 3.14. The summed E-state index contributed by atoms with van der Waals surface area (Å²) in [5, 5.41) is 9.85. The van der Waals surface area contributed by atoms with Crippen LogP contribution >= 0.6 is 0 Å². The van der Waals surface area contributed by atoms with Gasteiger partial charge in [0.1, 0.15) is 5.75 Å². The zero-order chi connectivity index (χ0) is 20.9. The molecule has 6 heteroatoms. The lowest BCUT2D eigenvalue weighted by Gasteiger charge is -2.36. The number of ether oxygens (including phenoxy) is 1. The van der Waals surface area contributed by atoms with Gasteiger partial charge in [0.05, 0.1) is 0 Å². The summed E-state index contributed by atoms with van der Waals surface area (Å²) < 4.78 is 4.79. The molecule has 4 rings (SSSR count). The molecule has 2 aromatic carbocycles. The van der Waals surface area contributed by atoms with Gasteiger partial charge in [0.25, 0.3) is 0 Å². The van der Waals surface area contributed by atoms with Crippen molar-refractivity contribution in [3.8, 4) is 5.75 Å². The van der Waals surface area contributed by atoms with Crippen molar-refractivity contribution in [2.75, 3.05) is 37.6 Å². The number of H-pyrrole nitrogens is 1. The highest BCUT2D eigenvalue weighted by Gasteiger charge is 2.16. The van der Waals surface area contributed by atoms with Crippen LogP contribution in [0.3, 0.4) is 0 Å². The molecule has 6 nitrogen and oxygen atoms in total. The first-order valence-corrected chi connectivity index (χ1v) is 10.6. The maximum Gasteiger partial charge on any atom is 0.511 e. The Labute approximate surface area is 177 Å². The van der Waals surface area contributed by atoms with Gasteiger partial charge >= 0.3 is 6.16 Å². The quantitative estimate of drug-likeness (QED) is 0.338. The molecule has 0 aliphatic carbocycles. The number of nitrogens with one attached hydrogen (secondary N) is 1. The van der Waals surface area contributed by atoms with Crippen molar-refractivity contribution in [1.29, 1.82) is 0 Å². The molecule has 30 heavy (non-hydrogen) atoms. The fourth-order valence-corrected chi connectivity index (χ4v) is 4.16. The van der Waals surface area contributed by atoms with E-state index < -0.39 is 6.16 Å². The predicted molar refractivity (Wildman–Crippen MR) is 120 cm³/mol. The van der Waals surface area contributed by atoms with Crippen LogP contribution in [0.25, 0.3) is 10.9 Å². The molecule has 1 aliphatic heterocycles. The van der Waals surface area contributed by atoms with Crippen molar-refractivity contribution in [1.82, 2.24) is 9.88 Å². The average molecular weight is 408 g/mol. The number of aromatic nitrogens is 1. The number of hydrogen-bond acceptors (Lipinski definition) is 4. The normalized spacial score (nSPS) is 14.9. The third-order valence-electron chi connectivity index (χ3n) is 5.89. The maximum absolute atomic E-state index is 10.8. The van der Waals surface area contributed by atoms with Gasteiger partial charge in [0.2, 0.25) is 0 Å². The predicted octanol–water partition coefficient (Wildman–Crippen LogP) is 4.68. The monoisotopic (exact) mass is 407 g/mol. The largest absolute Gasteiger partial charge is 0.511 e. The van der Waals surface area contributed by atoms with Crippen LogP contribution < -0.4 is 9.64 Å². The summed E-state index contributed by atoms with van der Waals surface area (Å²) in [6.07, 6.45) is 3.97. The highest BCUT2D eigenvalue weighted by atomic mass is 16.7. The highest BCUT2D eigenvalue weighted by molar-refractivity contribution is 5.85. The molecule has 158 valence electrons. The van der Waals surface area contributed by atoms with E-state index in [2.05, 4.69) is 46.0 Å². The van der Waals surface area contributed by atoms with Gasteiger partial charge in [-0.25, -0.2) is 4.79 Å². The summed E-state index contributed by atoms with van der Waals surface area (Å²) in [4.78, 5) is 19.1. The van der Waals surface area contributed by atoms with E-state index in [0.717, 1.165) is 62.9 Å². The molecule has 2 N–H and O–H groups in total. The van der Waals surface area contributed by atoms with Gasteiger partial charge in [-0.05, 0) is 68.6 Å². The molecule has 0 bridgehead atoms. The topological polar surface area (TPSA) is 68.8 Å². The summed E-state index contributed by atoms with van der Waals surface area (Å²) in [6.45, 7) is 7.63. The summed E-state index contributed by atoms with van der Waals surface area (Å²) in [5.74, 6) is 0.363. The number of aryl methyl sites for hydroxylation is 2. The summed E-state index contributed by atoms with van der Waals surface area (Å²) in [5.41, 5.74) is 4.85. The van der Waals surface area contributed by atoms with E-state index in [0.29, 0.717) is 5.75 Å². The molecular weight excluding hydrogens is 378 g/mol. The zero-order valence-electron chi connectivity index (χ0n) is 17.4. The Balaban J connectivity index is 1.23. The van der Waals surface area contributed by atoms with Crippen molar-refractivity contribution in [3.05, 3.63) is 59.8 Å². The Morgan fingerprint density at radius 2 is 1.83 bits per heavy atom. The van der Waals surface area contributed by atoms with Crippen molar-refractivity contribution < 1.29 is 14.6 Å². The van der Waals surface area contributed by atoms with Crippen LogP contribution in [0.5, 0.6) is 5.75 Å². The fourth-order valence-electron chi connectivity index (χ4n) is 4.16. The third-order valence-corrected chi connectivity index (χ3v) is 5.89. The van der Waals surface area contributed by atoms with Gasteiger partial charge in [-0.15, -0.1) is 0 Å². The Morgan fingerprint density at radius 1 is 1.07 bits per heavy atom. The first-order valence-electron chi connectivity index (χ1n) is 10.6. The number of fused-ring (bicyclic) bond motifs is 1. The van der Waals surface area contributed by atoms with Crippen LogP contribution in [-0.2, 0) is 6.42 Å². The Hall–Kier alpha value is -2.99. The first kappa shape index (κ1) is 20.3. The summed E-state index contributed by atoms with van der Waals surface area (Å²) in [6, 6.07) is 14.2. The number of rotatable bonds is 7. The standard InChI is InChI=1S/C24H29N3O3/c1-18-5-7-20(8-6-18)27-14-12-26(13-15-27)11-3-2-4-19-17-25-23-10-9-21(16-22(19)23)30-24(28)29/h5-10,16-17,25H,2-4,11-15H2,1H3,(H,28,29). The van der Waals surface area contributed by atoms with Crippen LogP contribution in [0.4, 0.5) is 10.5 Å². The van der Waals surface area contributed by atoms with Crippen LogP contribution in [-0.4, -0.2) is 53.9 Å². The molecule has 0 unspecified atom stereocenters. The lowest BCUT2D eigenvalue weighted by atomic mass is 10.1. The highest BCUT2D eigenvalue weighted by Crippen LogP contribution is 2.25. The molecule has 0 atom stereocenters. The molecule has 1 fully saturated rings. The van der Waals surface area contributed by atoms with Crippen molar-refractivity contribution in [2.24, 2.45) is 0 Å². The van der Waals surface area contributed by atoms with Gasteiger partial charge in [0.15, 0.2) is 0 Å². The van der Waals surface area contributed by atoms with Crippen LogP contribution in [0, 0.1) is 6.92 Å². The minimum Gasteiger partial charge on any atom is -0.449 e. The van der Waals surface area contributed by atoms with E-state index in [9.17, 15) is 4.79 Å². The fraction of sp³-hybridized carbons (Fsp3) is 0.375. The van der Waals surface area contributed by atoms with Gasteiger partial charge < -0.3 is 19.7 Å². The van der Waals surface area contributed by atoms with Gasteiger partial charge in [-0.3, -0.25) is 4.90 Å². The number of hydrogen-bond donors (Lipinski definition) is 2. The summed E-state index contributed by atoms with van der Waals surface area (Å²) >= 11 is 0. The van der Waals surface area contributed by atoms with Gasteiger partial charge in [-0.2, -0.15) is 0 Å². The van der Waals surface area contributed by atoms with Gasteiger partial charge in [-0.1, -0.05) is 17.7 Å². The van der Waals surface area contributed by atoms with Crippen LogP contribution in [0.15, 0.2) is 48.7 Å². The van der Waals surface area contributed by atoms with Crippen molar-refractivity contribution in [2.45, 2.75) is 26.2 Å². The van der Waals surface area contributed by atoms with E-state index in [1.54, 1.807) is 12.1 Å². The second-order valence-electron chi connectivity index (χ2n) is 8.01. The minimum absolute atomic E-state index is 0.363. The molecule has 1 saturated heterocycles. The molecule has 3 aromatic rings. The number of piperazine rings is 1. The van der Waals surface area contributed by atoms with E-state index in [1.807, 2.05) is 12.3 Å². The molecule has 1 aliphatic rings. The Morgan fingerprint density at radius 3 is 2.57 bits per heavy atom. The first-order chi connectivity index (χ1) is 14.6. The number of aromatic amines is 1. The molecule has 2 heterocycles. The number of unbranched alkanes of at least 4 members (excludes halogenated alkanes) is 1. The minimum atomic E-state index is -1.28. The molecule has 1 aromatic heterocycles. The second kappa shape index (κ2) is 9.22. The number of carboxylic acid groups (broad SMARTS) is 1. The third kappa shape index (κ3) is 4.94. The number of nitrogens with zero attached hydrogens (tertiary/aromatic N) is 2. The van der Waals surface area contributed by atoms with E-state index in [-0.39, 0.29) is 0 Å². The molecule has 0 amide bonds. The second-order valence-corrected chi connectivity index (χ2v) is 8.01. The van der Waals surface area contributed by atoms with Crippen LogP contribution in [0.2, 0.25) is 0 Å². The lowest BCUT2D eigenvalue weighted by Crippen LogP contribution is -2.46. The SMILES string of the molecule is Cc1ccc(N2CCN(CCCCc3c[nH]c4ccc(OC(=O)O)cc34)CC2)cc1. The summed E-state index contributed by atoms with van der Waals surface area (Å²) in [7, 11) is 0. The smallest absolute Gasteiger partial charge is 0.449 e. The molecule has 0 radical (unpaired) electrons. The number of anilines is 1. The number of carbonyl (C=O) groups is 1. The van der Waals surface area contributed by atoms with Gasteiger partial charge in [0, 0.05) is 49.0 Å².